The van der Waals surface area contributed by atoms with Gasteiger partial charge in [0.05, 0.1) is 23.6 Å². The molecule has 1 aromatic carbocycles. The third-order valence-electron chi connectivity index (χ3n) is 3.13. The van der Waals surface area contributed by atoms with Crippen LogP contribution in [0.25, 0.3) is 11.0 Å². The van der Waals surface area contributed by atoms with Crippen molar-refractivity contribution < 1.29 is 0 Å². The van der Waals surface area contributed by atoms with Crippen LogP contribution >= 0.6 is 15.9 Å². The topological polar surface area (TPSA) is 61.7 Å². The van der Waals surface area contributed by atoms with E-state index < -0.39 is 0 Å². The van der Waals surface area contributed by atoms with Gasteiger partial charge in [-0.25, -0.2) is 4.98 Å². The number of hydrogen-bond donors (Lipinski definition) is 1. The molecule has 0 spiro atoms. The molecule has 3 aromatic rings. The van der Waals surface area contributed by atoms with E-state index in [1.54, 1.807) is 6.20 Å². The Kier molecular flexibility index (Phi) is 3.02. The van der Waals surface area contributed by atoms with Crippen LogP contribution in [0, 0.1) is 0 Å². The van der Waals surface area contributed by atoms with Crippen molar-refractivity contribution in [3.63, 3.8) is 0 Å². The molecule has 0 saturated carbocycles. The third-order valence-corrected chi connectivity index (χ3v) is 3.62. The van der Waals surface area contributed by atoms with Gasteiger partial charge in [0.1, 0.15) is 0 Å². The van der Waals surface area contributed by atoms with Crippen molar-refractivity contribution >= 4 is 32.9 Å². The van der Waals surface area contributed by atoms with Crippen LogP contribution in [0.3, 0.4) is 0 Å². The molecular formula is C13H14BrN5. The van der Waals surface area contributed by atoms with Crippen LogP contribution < -0.4 is 5.73 Å². The predicted molar refractivity (Wildman–Crippen MR) is 78.8 cm³/mol. The number of nitrogens with zero attached hydrogens (tertiary/aromatic N) is 4. The summed E-state index contributed by atoms with van der Waals surface area (Å²) in [4.78, 5) is 4.39. The number of nitrogen functional groups attached to an aromatic ring is 1. The first-order chi connectivity index (χ1) is 9.15. The number of fused-ring (bicyclic) bond motifs is 1. The zero-order valence-corrected chi connectivity index (χ0v) is 12.1. The summed E-state index contributed by atoms with van der Waals surface area (Å²) in [5.74, 6) is 0.535. The van der Waals surface area contributed by atoms with E-state index in [1.807, 2.05) is 39.7 Å². The Balaban J connectivity index is 2.03. The molecule has 0 amide bonds. The molecule has 2 heterocycles. The van der Waals surface area contributed by atoms with Gasteiger partial charge in [-0.15, -0.1) is 0 Å². The smallest absolute Gasteiger partial charge is 0.201 e. The SMILES string of the molecule is CC(Cn1cccn1)n1c(N)nc2ccc(Br)cc21. The highest BCUT2D eigenvalue weighted by Gasteiger charge is 2.14. The maximum absolute atomic E-state index is 6.04. The number of anilines is 1. The van der Waals surface area contributed by atoms with E-state index >= 15 is 0 Å². The number of nitrogens with two attached hydrogens (primary N) is 1. The lowest BCUT2D eigenvalue weighted by Crippen LogP contribution is -2.15. The van der Waals surface area contributed by atoms with Crippen molar-refractivity contribution in [2.75, 3.05) is 5.73 Å². The van der Waals surface area contributed by atoms with E-state index in [2.05, 4.69) is 32.9 Å². The lowest BCUT2D eigenvalue weighted by atomic mass is 10.2. The molecule has 0 saturated heterocycles. The number of imidazole rings is 1. The van der Waals surface area contributed by atoms with Crippen molar-refractivity contribution in [1.82, 2.24) is 19.3 Å². The van der Waals surface area contributed by atoms with Gasteiger partial charge in [-0.05, 0) is 31.2 Å². The minimum Gasteiger partial charge on any atom is -0.369 e. The van der Waals surface area contributed by atoms with Crippen molar-refractivity contribution in [3.05, 3.63) is 41.1 Å². The fraction of sp³-hybridized carbons (Fsp3) is 0.231. The van der Waals surface area contributed by atoms with E-state index in [-0.39, 0.29) is 6.04 Å². The van der Waals surface area contributed by atoms with Crippen molar-refractivity contribution in [2.24, 2.45) is 0 Å². The van der Waals surface area contributed by atoms with E-state index in [0.717, 1.165) is 22.1 Å². The number of aromatic nitrogens is 4. The highest BCUT2D eigenvalue weighted by molar-refractivity contribution is 9.10. The summed E-state index contributed by atoms with van der Waals surface area (Å²) in [6.07, 6.45) is 3.72. The molecule has 1 atom stereocenters. The summed E-state index contributed by atoms with van der Waals surface area (Å²) in [5, 5.41) is 4.23. The van der Waals surface area contributed by atoms with Crippen LogP contribution in [-0.2, 0) is 6.54 Å². The highest BCUT2D eigenvalue weighted by atomic mass is 79.9. The summed E-state index contributed by atoms with van der Waals surface area (Å²) in [7, 11) is 0. The largest absolute Gasteiger partial charge is 0.369 e. The summed E-state index contributed by atoms with van der Waals surface area (Å²) >= 11 is 3.49. The lowest BCUT2D eigenvalue weighted by molar-refractivity contribution is 0.449. The van der Waals surface area contributed by atoms with Crippen LogP contribution in [0.4, 0.5) is 5.95 Å². The Bertz CT molecular complexity index is 701. The number of rotatable bonds is 3. The van der Waals surface area contributed by atoms with Crippen LogP contribution in [0.5, 0.6) is 0 Å². The van der Waals surface area contributed by atoms with Gasteiger partial charge in [-0.1, -0.05) is 15.9 Å². The minimum absolute atomic E-state index is 0.180. The Morgan fingerprint density at radius 1 is 1.42 bits per heavy atom. The van der Waals surface area contributed by atoms with E-state index in [4.69, 9.17) is 5.73 Å². The van der Waals surface area contributed by atoms with Crippen LogP contribution in [0.2, 0.25) is 0 Å². The average Bonchev–Trinajstić information content (AvgIpc) is 2.95. The summed E-state index contributed by atoms with van der Waals surface area (Å²) in [6, 6.07) is 8.07. The molecule has 0 radical (unpaired) electrons. The molecule has 0 fully saturated rings. The molecule has 19 heavy (non-hydrogen) atoms. The van der Waals surface area contributed by atoms with Crippen molar-refractivity contribution in [2.45, 2.75) is 19.5 Å². The molecule has 0 aliphatic rings. The number of benzene rings is 1. The quantitative estimate of drug-likeness (QED) is 0.807. The second kappa shape index (κ2) is 4.70. The lowest BCUT2D eigenvalue weighted by Gasteiger charge is -2.16. The molecule has 98 valence electrons. The molecule has 3 rings (SSSR count). The van der Waals surface area contributed by atoms with Gasteiger partial charge in [-0.2, -0.15) is 5.10 Å². The number of halogens is 1. The zero-order valence-electron chi connectivity index (χ0n) is 10.5. The molecular weight excluding hydrogens is 306 g/mol. The number of hydrogen-bond acceptors (Lipinski definition) is 3. The van der Waals surface area contributed by atoms with Crippen LogP contribution in [-0.4, -0.2) is 19.3 Å². The molecule has 2 N–H and O–H groups in total. The molecule has 0 aliphatic carbocycles. The summed E-state index contributed by atoms with van der Waals surface area (Å²) in [6.45, 7) is 2.87. The van der Waals surface area contributed by atoms with Crippen molar-refractivity contribution in [3.8, 4) is 0 Å². The first-order valence-electron chi connectivity index (χ1n) is 6.05. The Morgan fingerprint density at radius 2 is 2.26 bits per heavy atom. The molecule has 0 aliphatic heterocycles. The normalized spacial score (nSPS) is 12.9. The molecule has 2 aromatic heterocycles. The zero-order chi connectivity index (χ0) is 13.4. The van der Waals surface area contributed by atoms with Crippen molar-refractivity contribution in [1.29, 1.82) is 0 Å². The average molecular weight is 320 g/mol. The Labute approximate surface area is 119 Å². The maximum atomic E-state index is 6.04. The van der Waals surface area contributed by atoms with Gasteiger partial charge in [0.15, 0.2) is 0 Å². The highest BCUT2D eigenvalue weighted by Crippen LogP contribution is 2.26. The van der Waals surface area contributed by atoms with Crippen LogP contribution in [0.1, 0.15) is 13.0 Å². The van der Waals surface area contributed by atoms with Gasteiger partial charge in [0, 0.05) is 16.9 Å². The molecule has 6 heteroatoms. The first kappa shape index (κ1) is 12.2. The summed E-state index contributed by atoms with van der Waals surface area (Å²) < 4.78 is 4.96. The predicted octanol–water partition coefficient (Wildman–Crippen LogP) is 2.84. The monoisotopic (exact) mass is 319 g/mol. The minimum atomic E-state index is 0.180. The molecule has 1 unspecified atom stereocenters. The fourth-order valence-electron chi connectivity index (χ4n) is 2.31. The Hall–Kier alpha value is -1.82. The molecule has 5 nitrogen and oxygen atoms in total. The van der Waals surface area contributed by atoms with Crippen LogP contribution in [0.15, 0.2) is 41.1 Å². The van der Waals surface area contributed by atoms with Gasteiger partial charge in [0.25, 0.3) is 0 Å². The second-order valence-corrected chi connectivity index (χ2v) is 5.47. The third kappa shape index (κ3) is 2.23. The van der Waals surface area contributed by atoms with Gasteiger partial charge in [0.2, 0.25) is 5.95 Å². The maximum Gasteiger partial charge on any atom is 0.201 e. The fourth-order valence-corrected chi connectivity index (χ4v) is 2.66. The van der Waals surface area contributed by atoms with Gasteiger partial charge in [-0.3, -0.25) is 4.68 Å². The first-order valence-corrected chi connectivity index (χ1v) is 6.85. The van der Waals surface area contributed by atoms with Gasteiger partial charge >= 0.3 is 0 Å². The van der Waals surface area contributed by atoms with E-state index in [9.17, 15) is 0 Å². The summed E-state index contributed by atoms with van der Waals surface area (Å²) in [5.41, 5.74) is 7.98. The second-order valence-electron chi connectivity index (χ2n) is 4.55. The van der Waals surface area contributed by atoms with E-state index in [1.165, 1.54) is 0 Å². The standard InChI is InChI=1S/C13H14BrN5/c1-9(8-18-6-2-5-16-18)19-12-7-10(14)3-4-11(12)17-13(19)15/h2-7,9H,8H2,1H3,(H2,15,17). The van der Waals surface area contributed by atoms with Gasteiger partial charge < -0.3 is 10.3 Å². The van der Waals surface area contributed by atoms with E-state index in [0.29, 0.717) is 5.95 Å². The molecule has 0 bridgehead atoms. The Morgan fingerprint density at radius 3 is 3.00 bits per heavy atom.